The van der Waals surface area contributed by atoms with E-state index in [9.17, 15) is 9.59 Å². The molecular formula is C19H27N5O2. The molecular weight excluding hydrogens is 330 g/mol. The summed E-state index contributed by atoms with van der Waals surface area (Å²) in [6.07, 6.45) is 3.76. The summed E-state index contributed by atoms with van der Waals surface area (Å²) in [7, 11) is 3.68. The molecule has 1 aliphatic heterocycles. The molecule has 2 atom stereocenters. The third-order valence-corrected chi connectivity index (χ3v) is 5.37. The Balaban J connectivity index is 1.73. The Labute approximate surface area is 153 Å². The average molecular weight is 357 g/mol. The largest absolute Gasteiger partial charge is 0.352 e. The predicted molar refractivity (Wildman–Crippen MR) is 99.8 cm³/mol. The molecule has 1 aliphatic rings. The summed E-state index contributed by atoms with van der Waals surface area (Å²) in [6, 6.07) is 3.69. The number of imidazole rings is 1. The van der Waals surface area contributed by atoms with Gasteiger partial charge in [0.1, 0.15) is 0 Å². The van der Waals surface area contributed by atoms with Crippen molar-refractivity contribution in [1.82, 2.24) is 24.3 Å². The molecule has 0 aliphatic carbocycles. The molecule has 1 fully saturated rings. The van der Waals surface area contributed by atoms with Gasteiger partial charge in [-0.3, -0.25) is 9.59 Å². The van der Waals surface area contributed by atoms with Crippen LogP contribution in [0.5, 0.6) is 0 Å². The Morgan fingerprint density at radius 1 is 1.31 bits per heavy atom. The van der Waals surface area contributed by atoms with Gasteiger partial charge >= 0.3 is 0 Å². The van der Waals surface area contributed by atoms with Crippen LogP contribution in [0.1, 0.15) is 29.8 Å². The first-order valence-corrected chi connectivity index (χ1v) is 9.04. The SMILES string of the molecule is CCN1C[C@@H](C(=O)NCc2ccc(C)n(C)c2=O)[C@H](c2cn(C)cn2)C1. The van der Waals surface area contributed by atoms with Gasteiger partial charge in [-0.15, -0.1) is 0 Å². The lowest BCUT2D eigenvalue weighted by Crippen LogP contribution is -2.36. The monoisotopic (exact) mass is 357 g/mol. The second-order valence-corrected chi connectivity index (χ2v) is 7.11. The molecule has 0 aromatic carbocycles. The molecule has 1 saturated heterocycles. The Hall–Kier alpha value is -2.41. The van der Waals surface area contributed by atoms with Crippen LogP contribution in [0.15, 0.2) is 29.5 Å². The molecule has 3 heterocycles. The molecule has 2 aromatic heterocycles. The van der Waals surface area contributed by atoms with Crippen molar-refractivity contribution >= 4 is 5.91 Å². The summed E-state index contributed by atoms with van der Waals surface area (Å²) >= 11 is 0. The van der Waals surface area contributed by atoms with E-state index in [2.05, 4.69) is 22.1 Å². The molecule has 0 saturated carbocycles. The van der Waals surface area contributed by atoms with Crippen molar-refractivity contribution < 1.29 is 4.79 Å². The van der Waals surface area contributed by atoms with E-state index >= 15 is 0 Å². The summed E-state index contributed by atoms with van der Waals surface area (Å²) in [5, 5.41) is 2.97. The highest BCUT2D eigenvalue weighted by Crippen LogP contribution is 2.31. The predicted octanol–water partition coefficient (Wildman–Crippen LogP) is 0.779. The number of aromatic nitrogens is 3. The summed E-state index contributed by atoms with van der Waals surface area (Å²) < 4.78 is 3.52. The van der Waals surface area contributed by atoms with Crippen LogP contribution in [0.3, 0.4) is 0 Å². The fourth-order valence-corrected chi connectivity index (χ4v) is 3.56. The van der Waals surface area contributed by atoms with Crippen molar-refractivity contribution in [3.8, 4) is 0 Å². The molecule has 3 rings (SSSR count). The zero-order valence-electron chi connectivity index (χ0n) is 15.9. The standard InChI is InChI=1S/C19H27N5O2/c1-5-24-9-15(17-11-22(3)12-21-17)16(10-24)18(25)20-8-14-7-6-13(2)23(4)19(14)26/h6-7,11-12,15-16H,5,8-10H2,1-4H3,(H,20,25)/t15-,16-/m1/s1. The van der Waals surface area contributed by atoms with Gasteiger partial charge in [0, 0.05) is 57.1 Å². The molecule has 0 bridgehead atoms. The maximum Gasteiger partial charge on any atom is 0.255 e. The van der Waals surface area contributed by atoms with Crippen LogP contribution in [0.4, 0.5) is 0 Å². The lowest BCUT2D eigenvalue weighted by Gasteiger charge is -2.16. The van der Waals surface area contributed by atoms with E-state index in [1.54, 1.807) is 24.0 Å². The fourth-order valence-electron chi connectivity index (χ4n) is 3.56. The van der Waals surface area contributed by atoms with Gasteiger partial charge in [0.15, 0.2) is 0 Å². The maximum absolute atomic E-state index is 12.9. The van der Waals surface area contributed by atoms with Crippen molar-refractivity contribution in [2.24, 2.45) is 20.0 Å². The number of rotatable bonds is 5. The zero-order valence-corrected chi connectivity index (χ0v) is 15.9. The number of hydrogen-bond acceptors (Lipinski definition) is 4. The summed E-state index contributed by atoms with van der Waals surface area (Å²) in [5.41, 5.74) is 2.39. The molecule has 26 heavy (non-hydrogen) atoms. The molecule has 2 aromatic rings. The molecule has 7 nitrogen and oxygen atoms in total. The van der Waals surface area contributed by atoms with Gasteiger partial charge in [-0.1, -0.05) is 13.0 Å². The first kappa shape index (κ1) is 18.4. The average Bonchev–Trinajstić information content (AvgIpc) is 3.24. The van der Waals surface area contributed by atoms with Gasteiger partial charge in [-0.2, -0.15) is 0 Å². The van der Waals surface area contributed by atoms with Crippen LogP contribution in [0.25, 0.3) is 0 Å². The lowest BCUT2D eigenvalue weighted by atomic mass is 9.92. The number of carbonyl (C=O) groups excluding carboxylic acids is 1. The smallest absolute Gasteiger partial charge is 0.255 e. The van der Waals surface area contributed by atoms with Crippen molar-refractivity contribution in [2.45, 2.75) is 26.3 Å². The molecule has 7 heteroatoms. The van der Waals surface area contributed by atoms with E-state index in [4.69, 9.17) is 0 Å². The highest BCUT2D eigenvalue weighted by atomic mass is 16.2. The summed E-state index contributed by atoms with van der Waals surface area (Å²) in [6.45, 7) is 6.70. The molecule has 1 amide bonds. The van der Waals surface area contributed by atoms with Crippen molar-refractivity contribution in [2.75, 3.05) is 19.6 Å². The Kier molecular flexibility index (Phi) is 5.27. The summed E-state index contributed by atoms with van der Waals surface area (Å²) in [5.74, 6) is -0.0876. The van der Waals surface area contributed by atoms with Crippen LogP contribution >= 0.6 is 0 Å². The van der Waals surface area contributed by atoms with E-state index in [1.165, 1.54) is 0 Å². The minimum absolute atomic E-state index is 0.0146. The van der Waals surface area contributed by atoms with Gasteiger partial charge < -0.3 is 19.4 Å². The van der Waals surface area contributed by atoms with E-state index < -0.39 is 0 Å². The van der Waals surface area contributed by atoms with Crippen LogP contribution in [0, 0.1) is 12.8 Å². The number of likely N-dealkylation sites (N-methyl/N-ethyl adjacent to an activating group) is 1. The number of hydrogen-bond donors (Lipinski definition) is 1. The van der Waals surface area contributed by atoms with Gasteiger partial charge in [-0.25, -0.2) is 4.98 Å². The molecule has 140 valence electrons. The second kappa shape index (κ2) is 7.45. The maximum atomic E-state index is 12.9. The van der Waals surface area contributed by atoms with Gasteiger partial charge in [0.2, 0.25) is 5.91 Å². The summed E-state index contributed by atoms with van der Waals surface area (Å²) in [4.78, 5) is 31.9. The molecule has 0 radical (unpaired) electrons. The highest BCUT2D eigenvalue weighted by molar-refractivity contribution is 5.80. The number of aryl methyl sites for hydroxylation is 2. The first-order chi connectivity index (χ1) is 12.4. The Morgan fingerprint density at radius 3 is 2.73 bits per heavy atom. The quantitative estimate of drug-likeness (QED) is 0.858. The topological polar surface area (TPSA) is 72.2 Å². The normalized spacial score (nSPS) is 20.5. The number of pyridine rings is 1. The number of nitrogens with zero attached hydrogens (tertiary/aromatic N) is 4. The van der Waals surface area contributed by atoms with Crippen molar-refractivity contribution in [3.63, 3.8) is 0 Å². The van der Waals surface area contributed by atoms with Crippen molar-refractivity contribution in [3.05, 3.63) is 52.0 Å². The minimum atomic E-state index is -0.154. The third kappa shape index (κ3) is 3.58. The van der Waals surface area contributed by atoms with Gasteiger partial charge in [-0.05, 0) is 19.5 Å². The van der Waals surface area contributed by atoms with E-state index in [0.29, 0.717) is 5.56 Å². The number of likely N-dealkylation sites (tertiary alicyclic amines) is 1. The van der Waals surface area contributed by atoms with Gasteiger partial charge in [0.25, 0.3) is 5.56 Å². The molecule has 0 unspecified atom stereocenters. The Bertz CT molecular complexity index is 854. The van der Waals surface area contributed by atoms with Crippen LogP contribution in [-0.4, -0.2) is 44.6 Å². The number of amides is 1. The van der Waals surface area contributed by atoms with Crippen LogP contribution in [0.2, 0.25) is 0 Å². The lowest BCUT2D eigenvalue weighted by molar-refractivity contribution is -0.125. The molecule has 0 spiro atoms. The Morgan fingerprint density at radius 2 is 2.08 bits per heavy atom. The molecule has 1 N–H and O–H groups in total. The highest BCUT2D eigenvalue weighted by Gasteiger charge is 2.38. The third-order valence-electron chi connectivity index (χ3n) is 5.37. The van der Waals surface area contributed by atoms with Crippen LogP contribution in [-0.2, 0) is 25.4 Å². The second-order valence-electron chi connectivity index (χ2n) is 7.11. The van der Waals surface area contributed by atoms with Crippen molar-refractivity contribution in [1.29, 1.82) is 0 Å². The van der Waals surface area contributed by atoms with Gasteiger partial charge in [0.05, 0.1) is 17.9 Å². The fraction of sp³-hybridized carbons (Fsp3) is 0.526. The number of nitrogens with one attached hydrogen (secondary N) is 1. The number of carbonyl (C=O) groups is 1. The minimum Gasteiger partial charge on any atom is -0.352 e. The van der Waals surface area contributed by atoms with Crippen LogP contribution < -0.4 is 10.9 Å². The zero-order chi connectivity index (χ0) is 18.8. The van der Waals surface area contributed by atoms with E-state index in [0.717, 1.165) is 31.0 Å². The van der Waals surface area contributed by atoms with E-state index in [-0.39, 0.29) is 29.8 Å². The van der Waals surface area contributed by atoms with E-state index in [1.807, 2.05) is 30.8 Å². The first-order valence-electron chi connectivity index (χ1n) is 9.04.